The number of carbonyl (C=O) groups is 2. The van der Waals surface area contributed by atoms with Crippen molar-refractivity contribution in [2.75, 3.05) is 26.7 Å². The first kappa shape index (κ1) is 16.1. The van der Waals surface area contributed by atoms with Crippen LogP contribution in [0.2, 0.25) is 0 Å². The maximum Gasteiger partial charge on any atom is 0.317 e. The molecule has 1 amide bonds. The molecule has 1 aromatic carbocycles. The lowest BCUT2D eigenvalue weighted by molar-refractivity contribution is -0.139. The van der Waals surface area contributed by atoms with Gasteiger partial charge in [0.25, 0.3) is 0 Å². The van der Waals surface area contributed by atoms with E-state index in [0.717, 1.165) is 0 Å². The van der Waals surface area contributed by atoms with Crippen molar-refractivity contribution in [2.24, 2.45) is 0 Å². The predicted octanol–water partition coefficient (Wildman–Crippen LogP) is 1.19. The quantitative estimate of drug-likeness (QED) is 0.816. The molecule has 1 rings (SSSR count). The van der Waals surface area contributed by atoms with Crippen molar-refractivity contribution >= 4 is 11.9 Å². The Morgan fingerprint density at radius 3 is 2.45 bits per heavy atom. The van der Waals surface area contributed by atoms with Gasteiger partial charge in [0.2, 0.25) is 5.91 Å². The summed E-state index contributed by atoms with van der Waals surface area (Å²) in [7, 11) is 1.57. The smallest absolute Gasteiger partial charge is 0.317 e. The molecule has 0 heterocycles. The minimum Gasteiger partial charge on any atom is -0.480 e. The van der Waals surface area contributed by atoms with Crippen molar-refractivity contribution in [1.29, 1.82) is 0 Å². The Labute approximate surface area is 117 Å². The van der Waals surface area contributed by atoms with E-state index in [0.29, 0.717) is 12.1 Å². The maximum atomic E-state index is 13.5. The van der Waals surface area contributed by atoms with Gasteiger partial charge in [-0.2, -0.15) is 0 Å². The molecule has 0 fully saturated rings. The predicted molar refractivity (Wildman–Crippen MR) is 72.6 cm³/mol. The molecule has 5 nitrogen and oxygen atoms in total. The molecular formula is C14H19FN2O3. The highest BCUT2D eigenvalue weighted by atomic mass is 19.1. The van der Waals surface area contributed by atoms with Crippen LogP contribution < -0.4 is 0 Å². The molecule has 1 N–H and O–H groups in total. The number of carbonyl (C=O) groups excluding carboxylic acids is 1. The number of amides is 1. The van der Waals surface area contributed by atoms with E-state index >= 15 is 0 Å². The second-order valence-electron chi connectivity index (χ2n) is 4.54. The topological polar surface area (TPSA) is 60.9 Å². The van der Waals surface area contributed by atoms with Crippen LogP contribution in [0.5, 0.6) is 0 Å². The number of hydrogen-bond donors (Lipinski definition) is 1. The summed E-state index contributed by atoms with van der Waals surface area (Å²) < 4.78 is 13.5. The SMILES string of the molecule is CCN(CC(=O)O)CC(=O)N(C)Cc1ccccc1F. The average Bonchev–Trinajstić information content (AvgIpc) is 2.39. The van der Waals surface area contributed by atoms with Gasteiger partial charge in [-0.05, 0) is 12.6 Å². The van der Waals surface area contributed by atoms with Gasteiger partial charge in [-0.3, -0.25) is 14.5 Å². The first-order valence-electron chi connectivity index (χ1n) is 6.35. The summed E-state index contributed by atoms with van der Waals surface area (Å²) >= 11 is 0. The monoisotopic (exact) mass is 282 g/mol. The van der Waals surface area contributed by atoms with Crippen molar-refractivity contribution in [2.45, 2.75) is 13.5 Å². The van der Waals surface area contributed by atoms with Crippen molar-refractivity contribution in [3.05, 3.63) is 35.6 Å². The normalized spacial score (nSPS) is 10.6. The maximum absolute atomic E-state index is 13.5. The molecule has 0 aliphatic carbocycles. The van der Waals surface area contributed by atoms with Gasteiger partial charge in [0.1, 0.15) is 5.82 Å². The van der Waals surface area contributed by atoms with E-state index in [1.807, 2.05) is 0 Å². The lowest BCUT2D eigenvalue weighted by Gasteiger charge is -2.22. The summed E-state index contributed by atoms with van der Waals surface area (Å²) in [5.41, 5.74) is 0.435. The van der Waals surface area contributed by atoms with Crippen LogP contribution in [0.25, 0.3) is 0 Å². The number of nitrogens with zero attached hydrogens (tertiary/aromatic N) is 2. The van der Waals surface area contributed by atoms with Crippen LogP contribution in [-0.4, -0.2) is 53.5 Å². The van der Waals surface area contributed by atoms with Gasteiger partial charge in [0.15, 0.2) is 0 Å². The Morgan fingerprint density at radius 2 is 1.90 bits per heavy atom. The third-order valence-electron chi connectivity index (χ3n) is 2.96. The molecule has 20 heavy (non-hydrogen) atoms. The Kier molecular flexibility index (Phi) is 6.11. The van der Waals surface area contributed by atoms with Crippen molar-refractivity contribution in [3.8, 4) is 0 Å². The van der Waals surface area contributed by atoms with Crippen molar-refractivity contribution in [1.82, 2.24) is 9.80 Å². The summed E-state index contributed by atoms with van der Waals surface area (Å²) in [6, 6.07) is 6.26. The van der Waals surface area contributed by atoms with Crippen molar-refractivity contribution in [3.63, 3.8) is 0 Å². The van der Waals surface area contributed by atoms with E-state index in [2.05, 4.69) is 0 Å². The zero-order valence-electron chi connectivity index (χ0n) is 11.7. The van der Waals surface area contributed by atoms with Gasteiger partial charge >= 0.3 is 5.97 Å². The highest BCUT2D eigenvalue weighted by molar-refractivity contribution is 5.79. The molecule has 6 heteroatoms. The third kappa shape index (κ3) is 4.97. The number of rotatable bonds is 7. The summed E-state index contributed by atoms with van der Waals surface area (Å²) in [6.07, 6.45) is 0. The number of benzene rings is 1. The number of likely N-dealkylation sites (N-methyl/N-ethyl adjacent to an activating group) is 2. The van der Waals surface area contributed by atoms with Gasteiger partial charge in [-0.15, -0.1) is 0 Å². The summed E-state index contributed by atoms with van der Waals surface area (Å²) in [5.74, 6) is -1.57. The van der Waals surface area contributed by atoms with Crippen LogP contribution >= 0.6 is 0 Å². The van der Waals surface area contributed by atoms with Crippen LogP contribution in [0.15, 0.2) is 24.3 Å². The van der Waals surface area contributed by atoms with Crippen molar-refractivity contribution < 1.29 is 19.1 Å². The zero-order chi connectivity index (χ0) is 15.1. The van der Waals surface area contributed by atoms with E-state index in [-0.39, 0.29) is 31.4 Å². The second-order valence-corrected chi connectivity index (χ2v) is 4.54. The van der Waals surface area contributed by atoms with E-state index in [1.54, 1.807) is 32.2 Å². The summed E-state index contributed by atoms with van der Waals surface area (Å²) in [5, 5.41) is 8.72. The highest BCUT2D eigenvalue weighted by Crippen LogP contribution is 2.09. The first-order valence-corrected chi connectivity index (χ1v) is 6.35. The Morgan fingerprint density at radius 1 is 1.25 bits per heavy atom. The van der Waals surface area contributed by atoms with Crippen LogP contribution in [0.1, 0.15) is 12.5 Å². The zero-order valence-corrected chi connectivity index (χ0v) is 11.7. The first-order chi connectivity index (χ1) is 9.43. The van der Waals surface area contributed by atoms with E-state index in [4.69, 9.17) is 5.11 Å². The number of halogens is 1. The Balaban J connectivity index is 2.58. The van der Waals surface area contributed by atoms with E-state index < -0.39 is 5.97 Å². The molecular weight excluding hydrogens is 263 g/mol. The lowest BCUT2D eigenvalue weighted by atomic mass is 10.2. The Bertz CT molecular complexity index is 479. The van der Waals surface area contributed by atoms with Gasteiger partial charge < -0.3 is 10.0 Å². The molecule has 0 unspecified atom stereocenters. The molecule has 0 saturated carbocycles. The standard InChI is InChI=1S/C14H19FN2O3/c1-3-17(10-14(19)20)9-13(18)16(2)8-11-6-4-5-7-12(11)15/h4-7H,3,8-10H2,1-2H3,(H,19,20). The number of hydrogen-bond acceptors (Lipinski definition) is 3. The number of carboxylic acids is 1. The minimum absolute atomic E-state index is 0.00769. The van der Waals surface area contributed by atoms with E-state index in [9.17, 15) is 14.0 Å². The molecule has 110 valence electrons. The van der Waals surface area contributed by atoms with Crippen LogP contribution in [-0.2, 0) is 16.1 Å². The fourth-order valence-electron chi connectivity index (χ4n) is 1.75. The van der Waals surface area contributed by atoms with Gasteiger partial charge in [0.05, 0.1) is 13.1 Å². The average molecular weight is 282 g/mol. The highest BCUT2D eigenvalue weighted by Gasteiger charge is 2.16. The van der Waals surface area contributed by atoms with Crippen LogP contribution in [0, 0.1) is 5.82 Å². The van der Waals surface area contributed by atoms with Gasteiger partial charge in [-0.1, -0.05) is 25.1 Å². The third-order valence-corrected chi connectivity index (χ3v) is 2.96. The number of carboxylic acid groups (broad SMARTS) is 1. The molecule has 0 aromatic heterocycles. The lowest BCUT2D eigenvalue weighted by Crippen LogP contribution is -2.40. The molecule has 1 aromatic rings. The summed E-state index contributed by atoms with van der Waals surface area (Å²) in [6.45, 7) is 2.23. The molecule has 0 bridgehead atoms. The van der Waals surface area contributed by atoms with E-state index in [1.165, 1.54) is 15.9 Å². The molecule has 0 aliphatic heterocycles. The largest absolute Gasteiger partial charge is 0.480 e. The minimum atomic E-state index is -0.976. The van der Waals surface area contributed by atoms with Gasteiger partial charge in [-0.25, -0.2) is 4.39 Å². The summed E-state index contributed by atoms with van der Waals surface area (Å²) in [4.78, 5) is 25.5. The van der Waals surface area contributed by atoms with Gasteiger partial charge in [0, 0.05) is 19.2 Å². The molecule has 0 spiro atoms. The molecule has 0 radical (unpaired) electrons. The number of aliphatic carboxylic acids is 1. The molecule has 0 atom stereocenters. The second kappa shape index (κ2) is 7.59. The Hall–Kier alpha value is -1.95. The van der Waals surface area contributed by atoms with Crippen LogP contribution in [0.4, 0.5) is 4.39 Å². The molecule has 0 aliphatic rings. The molecule has 0 saturated heterocycles. The fraction of sp³-hybridized carbons (Fsp3) is 0.429. The van der Waals surface area contributed by atoms with Crippen LogP contribution in [0.3, 0.4) is 0 Å². The fourth-order valence-corrected chi connectivity index (χ4v) is 1.75.